The molecule has 0 spiro atoms. The van der Waals surface area contributed by atoms with Gasteiger partial charge in [0, 0.05) is 17.5 Å². The second kappa shape index (κ2) is 9.18. The average molecular weight is 424 g/mol. The van der Waals surface area contributed by atoms with Crippen molar-refractivity contribution in [1.82, 2.24) is 10.2 Å². The van der Waals surface area contributed by atoms with Crippen molar-refractivity contribution in [2.24, 2.45) is 0 Å². The van der Waals surface area contributed by atoms with Crippen LogP contribution in [0.3, 0.4) is 0 Å². The van der Waals surface area contributed by atoms with Crippen LogP contribution in [0, 0.1) is 0 Å². The van der Waals surface area contributed by atoms with E-state index in [-0.39, 0.29) is 24.8 Å². The molecule has 2 aliphatic heterocycles. The van der Waals surface area contributed by atoms with Crippen LogP contribution in [0.2, 0.25) is 0 Å². The van der Waals surface area contributed by atoms with Crippen LogP contribution < -0.4 is 14.8 Å². The summed E-state index contributed by atoms with van der Waals surface area (Å²) in [6.45, 7) is 1.45. The maximum atomic E-state index is 12.9. The van der Waals surface area contributed by atoms with Crippen molar-refractivity contribution in [1.29, 1.82) is 0 Å². The van der Waals surface area contributed by atoms with Gasteiger partial charge in [0.1, 0.15) is 12.6 Å². The van der Waals surface area contributed by atoms with Crippen LogP contribution in [0.25, 0.3) is 0 Å². The van der Waals surface area contributed by atoms with Crippen molar-refractivity contribution >= 4 is 17.7 Å². The maximum Gasteiger partial charge on any atom is 0.255 e. The molecule has 4 rings (SSSR count). The fourth-order valence-corrected chi connectivity index (χ4v) is 3.90. The van der Waals surface area contributed by atoms with Crippen LogP contribution in [0.5, 0.6) is 11.5 Å². The molecule has 2 aromatic carbocycles. The smallest absolute Gasteiger partial charge is 0.255 e. The van der Waals surface area contributed by atoms with Crippen molar-refractivity contribution in [3.8, 4) is 11.5 Å². The molecule has 0 saturated carbocycles. The zero-order valence-corrected chi connectivity index (χ0v) is 17.3. The standard InChI is InChI=1S/C23H24N2O6/c1-29-21-17-13-25(18-8-10-20(26)24-22(18)27)23(28)16(17)7-9-19(21)31-12-11-30-14-15-5-3-2-4-6-15/h2-7,9,18H,8,10-14H2,1H3,(H,24,26,27)/t18-/m0/s1. The molecule has 2 heterocycles. The molecule has 1 atom stereocenters. The van der Waals surface area contributed by atoms with E-state index in [9.17, 15) is 14.4 Å². The Kier molecular flexibility index (Phi) is 6.18. The van der Waals surface area contributed by atoms with E-state index >= 15 is 0 Å². The molecule has 1 fully saturated rings. The van der Waals surface area contributed by atoms with Gasteiger partial charge in [-0.15, -0.1) is 0 Å². The number of carbonyl (C=O) groups excluding carboxylic acids is 3. The lowest BCUT2D eigenvalue weighted by Gasteiger charge is -2.29. The highest BCUT2D eigenvalue weighted by Crippen LogP contribution is 2.39. The summed E-state index contributed by atoms with van der Waals surface area (Å²) in [5.74, 6) is -0.0108. The van der Waals surface area contributed by atoms with Gasteiger partial charge in [0.2, 0.25) is 11.8 Å². The number of amides is 3. The summed E-state index contributed by atoms with van der Waals surface area (Å²) in [5.41, 5.74) is 2.25. The first-order valence-electron chi connectivity index (χ1n) is 10.2. The molecule has 0 unspecified atom stereocenters. The summed E-state index contributed by atoms with van der Waals surface area (Å²) in [6, 6.07) is 12.6. The van der Waals surface area contributed by atoms with E-state index in [1.165, 1.54) is 12.0 Å². The molecule has 0 bridgehead atoms. The lowest BCUT2D eigenvalue weighted by Crippen LogP contribution is -2.52. The number of imide groups is 1. The number of hydrogen-bond acceptors (Lipinski definition) is 6. The van der Waals surface area contributed by atoms with Crippen LogP contribution in [-0.2, 0) is 27.5 Å². The van der Waals surface area contributed by atoms with Crippen molar-refractivity contribution in [3.05, 3.63) is 59.2 Å². The molecule has 2 aromatic rings. The highest BCUT2D eigenvalue weighted by molar-refractivity contribution is 6.05. The molecule has 0 aliphatic carbocycles. The van der Waals surface area contributed by atoms with Crippen molar-refractivity contribution < 1.29 is 28.6 Å². The van der Waals surface area contributed by atoms with Crippen LogP contribution in [0.1, 0.15) is 34.3 Å². The zero-order chi connectivity index (χ0) is 21.8. The van der Waals surface area contributed by atoms with E-state index in [0.717, 1.165) is 5.56 Å². The monoisotopic (exact) mass is 424 g/mol. The molecule has 3 amide bonds. The van der Waals surface area contributed by atoms with E-state index in [2.05, 4.69) is 5.32 Å². The summed E-state index contributed by atoms with van der Waals surface area (Å²) in [7, 11) is 1.52. The van der Waals surface area contributed by atoms with E-state index in [1.807, 2.05) is 30.3 Å². The quantitative estimate of drug-likeness (QED) is 0.515. The fourth-order valence-electron chi connectivity index (χ4n) is 3.90. The lowest BCUT2D eigenvalue weighted by atomic mass is 10.0. The van der Waals surface area contributed by atoms with Gasteiger partial charge in [-0.1, -0.05) is 30.3 Å². The zero-order valence-electron chi connectivity index (χ0n) is 17.3. The van der Waals surface area contributed by atoms with Gasteiger partial charge in [-0.05, 0) is 24.1 Å². The largest absolute Gasteiger partial charge is 0.492 e. The minimum atomic E-state index is -0.668. The minimum absolute atomic E-state index is 0.213. The first-order valence-corrected chi connectivity index (χ1v) is 10.2. The molecule has 1 N–H and O–H groups in total. The van der Waals surface area contributed by atoms with E-state index < -0.39 is 11.9 Å². The van der Waals surface area contributed by atoms with Gasteiger partial charge in [0.15, 0.2) is 11.5 Å². The van der Waals surface area contributed by atoms with Crippen LogP contribution in [0.4, 0.5) is 0 Å². The molecular formula is C23H24N2O6. The van der Waals surface area contributed by atoms with Gasteiger partial charge >= 0.3 is 0 Å². The van der Waals surface area contributed by atoms with Gasteiger partial charge in [0.25, 0.3) is 5.91 Å². The molecular weight excluding hydrogens is 400 g/mol. The molecule has 8 nitrogen and oxygen atoms in total. The molecule has 31 heavy (non-hydrogen) atoms. The number of carbonyl (C=O) groups is 3. The minimum Gasteiger partial charge on any atom is -0.492 e. The average Bonchev–Trinajstić information content (AvgIpc) is 3.10. The molecule has 0 radical (unpaired) electrons. The molecule has 8 heteroatoms. The van der Waals surface area contributed by atoms with E-state index in [1.54, 1.807) is 12.1 Å². The normalized spacial score (nSPS) is 18.0. The number of ether oxygens (including phenoxy) is 3. The van der Waals surface area contributed by atoms with Crippen LogP contribution >= 0.6 is 0 Å². The van der Waals surface area contributed by atoms with Gasteiger partial charge in [-0.25, -0.2) is 0 Å². The number of hydrogen-bond donors (Lipinski definition) is 1. The first-order chi connectivity index (χ1) is 15.1. The van der Waals surface area contributed by atoms with Gasteiger partial charge in [-0.3, -0.25) is 19.7 Å². The van der Waals surface area contributed by atoms with Crippen molar-refractivity contribution in [3.63, 3.8) is 0 Å². The van der Waals surface area contributed by atoms with Gasteiger partial charge in [0.05, 0.1) is 26.9 Å². The lowest BCUT2D eigenvalue weighted by molar-refractivity contribution is -0.136. The summed E-state index contributed by atoms with van der Waals surface area (Å²) < 4.78 is 17.0. The fraction of sp³-hybridized carbons (Fsp3) is 0.348. The topological polar surface area (TPSA) is 94.2 Å². The Hall–Kier alpha value is -3.39. The predicted octanol–water partition coefficient (Wildman–Crippen LogP) is 2.05. The van der Waals surface area contributed by atoms with Gasteiger partial charge in [-0.2, -0.15) is 0 Å². The SMILES string of the molecule is COc1c(OCCOCc2ccccc2)ccc2c1CN([C@H]1CCC(=O)NC1=O)C2=O. The second-order valence-electron chi connectivity index (χ2n) is 7.41. The van der Waals surface area contributed by atoms with Crippen LogP contribution in [0.15, 0.2) is 42.5 Å². The highest BCUT2D eigenvalue weighted by Gasteiger charge is 2.40. The van der Waals surface area contributed by atoms with E-state index in [0.29, 0.717) is 48.9 Å². The number of nitrogens with zero attached hydrogens (tertiary/aromatic N) is 1. The Morgan fingerprint density at radius 3 is 2.61 bits per heavy atom. The van der Waals surface area contributed by atoms with Crippen molar-refractivity contribution in [2.75, 3.05) is 20.3 Å². The third kappa shape index (κ3) is 4.39. The predicted molar refractivity (Wildman–Crippen MR) is 111 cm³/mol. The number of methoxy groups -OCH3 is 1. The molecule has 162 valence electrons. The molecule has 1 saturated heterocycles. The second-order valence-corrected chi connectivity index (χ2v) is 7.41. The Morgan fingerprint density at radius 2 is 1.87 bits per heavy atom. The summed E-state index contributed by atoms with van der Waals surface area (Å²) in [4.78, 5) is 38.0. The third-order valence-electron chi connectivity index (χ3n) is 5.43. The number of benzene rings is 2. The third-order valence-corrected chi connectivity index (χ3v) is 5.43. The Labute approximate surface area is 180 Å². The first kappa shape index (κ1) is 20.9. The molecule has 0 aromatic heterocycles. The van der Waals surface area contributed by atoms with Gasteiger partial charge < -0.3 is 19.1 Å². The Morgan fingerprint density at radius 1 is 1.06 bits per heavy atom. The summed E-state index contributed by atoms with van der Waals surface area (Å²) >= 11 is 0. The van der Waals surface area contributed by atoms with Crippen LogP contribution in [-0.4, -0.2) is 49.0 Å². The number of nitrogens with one attached hydrogen (secondary N) is 1. The number of fused-ring (bicyclic) bond motifs is 1. The summed E-state index contributed by atoms with van der Waals surface area (Å²) in [5, 5.41) is 2.30. The molecule has 2 aliphatic rings. The van der Waals surface area contributed by atoms with E-state index in [4.69, 9.17) is 14.2 Å². The maximum absolute atomic E-state index is 12.9. The number of rotatable bonds is 8. The van der Waals surface area contributed by atoms with Crippen molar-refractivity contribution in [2.45, 2.75) is 32.0 Å². The number of piperidine rings is 1. The highest BCUT2D eigenvalue weighted by atomic mass is 16.5. The summed E-state index contributed by atoms with van der Waals surface area (Å²) in [6.07, 6.45) is 0.528. The Bertz CT molecular complexity index is 991. The Balaban J connectivity index is 1.39.